The quantitative estimate of drug-likeness (QED) is 0.444. The van der Waals surface area contributed by atoms with Gasteiger partial charge in [-0.25, -0.2) is 13.1 Å². The van der Waals surface area contributed by atoms with Crippen molar-refractivity contribution in [2.75, 3.05) is 25.5 Å². The Labute approximate surface area is 106 Å². The molecule has 0 radical (unpaired) electrons. The number of hydrogen-bond acceptors (Lipinski definition) is 5. The van der Waals surface area contributed by atoms with Crippen LogP contribution in [0.15, 0.2) is 0 Å². The number of rotatable bonds is 9. The van der Waals surface area contributed by atoms with Gasteiger partial charge in [0.25, 0.3) is 0 Å². The Morgan fingerprint density at radius 2 is 2.00 bits per heavy atom. The molecule has 0 unspecified atom stereocenters. The summed E-state index contributed by atoms with van der Waals surface area (Å²) in [6, 6.07) is -1.06. The van der Waals surface area contributed by atoms with Gasteiger partial charge >= 0.3 is 5.97 Å². The van der Waals surface area contributed by atoms with Crippen molar-refractivity contribution in [3.63, 3.8) is 0 Å². The number of carboxylic acids is 1. The maximum absolute atomic E-state index is 11.3. The Bertz CT molecular complexity index is 381. The summed E-state index contributed by atoms with van der Waals surface area (Å²) < 4.78 is 29.6. The standard InChI is InChI=1S/C9H18N2O6S/c1-3-17-4-5-18(15,16)10-6-8(12)11-7(2)9(13)14/h7,10H,3-6H2,1-2H3,(H,11,12)(H,13,14)/t7-/m1/s1. The van der Waals surface area contributed by atoms with Gasteiger partial charge in [0.2, 0.25) is 15.9 Å². The summed E-state index contributed by atoms with van der Waals surface area (Å²) in [6.45, 7) is 2.97. The van der Waals surface area contributed by atoms with E-state index in [0.29, 0.717) is 6.61 Å². The maximum Gasteiger partial charge on any atom is 0.325 e. The Hall–Kier alpha value is -1.19. The van der Waals surface area contributed by atoms with E-state index in [1.807, 2.05) is 4.72 Å². The van der Waals surface area contributed by atoms with Gasteiger partial charge in [-0.2, -0.15) is 0 Å². The van der Waals surface area contributed by atoms with Gasteiger partial charge in [-0.15, -0.1) is 0 Å². The fourth-order valence-electron chi connectivity index (χ4n) is 0.915. The number of amides is 1. The molecule has 0 spiro atoms. The number of nitrogens with one attached hydrogen (secondary N) is 2. The molecule has 0 aromatic heterocycles. The van der Waals surface area contributed by atoms with E-state index in [2.05, 4.69) is 5.32 Å². The number of ether oxygens (including phenoxy) is 1. The predicted molar refractivity (Wildman–Crippen MR) is 63.5 cm³/mol. The van der Waals surface area contributed by atoms with Crippen LogP contribution in [0.3, 0.4) is 0 Å². The van der Waals surface area contributed by atoms with E-state index in [9.17, 15) is 18.0 Å². The topological polar surface area (TPSA) is 122 Å². The van der Waals surface area contributed by atoms with Gasteiger partial charge < -0.3 is 15.2 Å². The number of carboxylic acid groups (broad SMARTS) is 1. The molecule has 0 bridgehead atoms. The van der Waals surface area contributed by atoms with Crippen molar-refractivity contribution < 1.29 is 27.9 Å². The average molecular weight is 282 g/mol. The first-order valence-corrected chi connectivity index (χ1v) is 7.01. The monoisotopic (exact) mass is 282 g/mol. The van der Waals surface area contributed by atoms with Gasteiger partial charge in [0.05, 0.1) is 18.9 Å². The molecule has 8 nitrogen and oxygen atoms in total. The van der Waals surface area contributed by atoms with Crippen molar-refractivity contribution in [1.82, 2.24) is 10.0 Å². The van der Waals surface area contributed by atoms with Crippen LogP contribution in [0, 0.1) is 0 Å². The van der Waals surface area contributed by atoms with Crippen LogP contribution < -0.4 is 10.0 Å². The third-order valence-corrected chi connectivity index (χ3v) is 3.19. The fraction of sp³-hybridized carbons (Fsp3) is 0.778. The van der Waals surface area contributed by atoms with E-state index in [0.717, 1.165) is 0 Å². The molecule has 18 heavy (non-hydrogen) atoms. The average Bonchev–Trinajstić information content (AvgIpc) is 2.26. The second-order valence-electron chi connectivity index (χ2n) is 3.46. The van der Waals surface area contributed by atoms with Crippen LogP contribution in [-0.4, -0.2) is 57.0 Å². The Morgan fingerprint density at radius 3 is 2.50 bits per heavy atom. The van der Waals surface area contributed by atoms with Gasteiger partial charge in [-0.3, -0.25) is 9.59 Å². The highest BCUT2D eigenvalue weighted by atomic mass is 32.2. The maximum atomic E-state index is 11.3. The third kappa shape index (κ3) is 7.98. The fourth-order valence-corrected chi connectivity index (χ4v) is 1.75. The first-order valence-electron chi connectivity index (χ1n) is 5.35. The lowest BCUT2D eigenvalue weighted by Gasteiger charge is -2.10. The molecule has 0 saturated heterocycles. The molecule has 106 valence electrons. The van der Waals surface area contributed by atoms with E-state index in [4.69, 9.17) is 9.84 Å². The number of carbonyl (C=O) groups is 2. The highest BCUT2D eigenvalue weighted by molar-refractivity contribution is 7.89. The molecular weight excluding hydrogens is 264 g/mol. The van der Waals surface area contributed by atoms with Gasteiger partial charge in [-0.1, -0.05) is 0 Å². The number of aliphatic carboxylic acids is 1. The van der Waals surface area contributed by atoms with E-state index in [-0.39, 0.29) is 12.4 Å². The van der Waals surface area contributed by atoms with Crippen LogP contribution in [0.5, 0.6) is 0 Å². The SMILES string of the molecule is CCOCCS(=O)(=O)NCC(=O)N[C@H](C)C(=O)O. The Balaban J connectivity index is 4.00. The van der Waals surface area contributed by atoms with E-state index < -0.39 is 34.5 Å². The van der Waals surface area contributed by atoms with Crippen LogP contribution in [0.25, 0.3) is 0 Å². The van der Waals surface area contributed by atoms with E-state index >= 15 is 0 Å². The minimum atomic E-state index is -3.59. The van der Waals surface area contributed by atoms with Gasteiger partial charge in [0.1, 0.15) is 6.04 Å². The Morgan fingerprint density at radius 1 is 1.39 bits per heavy atom. The summed E-state index contributed by atoms with van der Waals surface area (Å²) >= 11 is 0. The van der Waals surface area contributed by atoms with Crippen LogP contribution in [0.2, 0.25) is 0 Å². The van der Waals surface area contributed by atoms with Gasteiger partial charge in [0.15, 0.2) is 0 Å². The zero-order valence-electron chi connectivity index (χ0n) is 10.3. The van der Waals surface area contributed by atoms with Crippen molar-refractivity contribution in [3.05, 3.63) is 0 Å². The molecule has 0 rings (SSSR count). The summed E-state index contributed by atoms with van der Waals surface area (Å²) in [4.78, 5) is 21.6. The molecule has 0 aliphatic rings. The smallest absolute Gasteiger partial charge is 0.325 e. The molecule has 1 atom stereocenters. The van der Waals surface area contributed by atoms with Gasteiger partial charge in [-0.05, 0) is 13.8 Å². The summed E-state index contributed by atoms with van der Waals surface area (Å²) in [5.41, 5.74) is 0. The van der Waals surface area contributed by atoms with E-state index in [1.165, 1.54) is 6.92 Å². The minimum Gasteiger partial charge on any atom is -0.480 e. The number of carbonyl (C=O) groups excluding carboxylic acids is 1. The molecule has 0 aliphatic carbocycles. The lowest BCUT2D eigenvalue weighted by Crippen LogP contribution is -2.44. The van der Waals surface area contributed by atoms with Crippen molar-refractivity contribution in [1.29, 1.82) is 0 Å². The first kappa shape index (κ1) is 16.8. The Kier molecular flexibility index (Phi) is 7.48. The summed E-state index contributed by atoms with van der Waals surface area (Å²) in [6.07, 6.45) is 0. The van der Waals surface area contributed by atoms with Crippen LogP contribution in [0.1, 0.15) is 13.8 Å². The molecule has 1 amide bonds. The van der Waals surface area contributed by atoms with Crippen LogP contribution >= 0.6 is 0 Å². The molecule has 9 heteroatoms. The number of sulfonamides is 1. The second-order valence-corrected chi connectivity index (χ2v) is 5.39. The van der Waals surface area contributed by atoms with Crippen LogP contribution in [-0.2, 0) is 24.3 Å². The molecule has 3 N–H and O–H groups in total. The molecular formula is C9H18N2O6S. The molecule has 0 aromatic carbocycles. The molecule has 0 aliphatic heterocycles. The largest absolute Gasteiger partial charge is 0.480 e. The highest BCUT2D eigenvalue weighted by Gasteiger charge is 2.16. The second kappa shape index (κ2) is 8.01. The van der Waals surface area contributed by atoms with Crippen LogP contribution in [0.4, 0.5) is 0 Å². The lowest BCUT2D eigenvalue weighted by molar-refractivity contribution is -0.141. The summed E-state index contributed by atoms with van der Waals surface area (Å²) in [5, 5.41) is 10.7. The minimum absolute atomic E-state index is 0.0407. The molecule has 0 aromatic rings. The number of hydrogen-bond donors (Lipinski definition) is 3. The normalized spacial score (nSPS) is 13.0. The zero-order valence-corrected chi connectivity index (χ0v) is 11.1. The van der Waals surface area contributed by atoms with E-state index in [1.54, 1.807) is 6.92 Å². The summed E-state index contributed by atoms with van der Waals surface area (Å²) in [5.74, 6) is -2.14. The lowest BCUT2D eigenvalue weighted by atomic mass is 10.3. The molecule has 0 heterocycles. The summed E-state index contributed by atoms with van der Waals surface area (Å²) in [7, 11) is -3.59. The predicted octanol–water partition coefficient (Wildman–Crippen LogP) is -1.47. The van der Waals surface area contributed by atoms with Crippen molar-refractivity contribution in [3.8, 4) is 0 Å². The van der Waals surface area contributed by atoms with Crippen molar-refractivity contribution >= 4 is 21.9 Å². The van der Waals surface area contributed by atoms with Crippen molar-refractivity contribution in [2.45, 2.75) is 19.9 Å². The van der Waals surface area contributed by atoms with Gasteiger partial charge in [0, 0.05) is 6.61 Å². The zero-order chi connectivity index (χ0) is 14.2. The van der Waals surface area contributed by atoms with Crippen molar-refractivity contribution in [2.24, 2.45) is 0 Å². The highest BCUT2D eigenvalue weighted by Crippen LogP contribution is 1.86. The third-order valence-electron chi connectivity index (χ3n) is 1.90. The molecule has 0 fully saturated rings. The first-order chi connectivity index (χ1) is 8.28. The molecule has 0 saturated carbocycles.